The third kappa shape index (κ3) is 3.21. The molecule has 0 aliphatic heterocycles. The van der Waals surface area contributed by atoms with E-state index < -0.39 is 0 Å². The van der Waals surface area contributed by atoms with Crippen molar-refractivity contribution in [3.8, 4) is 0 Å². The van der Waals surface area contributed by atoms with Crippen molar-refractivity contribution in [1.29, 1.82) is 0 Å². The van der Waals surface area contributed by atoms with E-state index in [1.165, 1.54) is 0 Å². The van der Waals surface area contributed by atoms with E-state index in [1.807, 2.05) is 32.2 Å². The molecule has 2 rings (SSSR count). The second-order valence-corrected chi connectivity index (χ2v) is 4.60. The van der Waals surface area contributed by atoms with E-state index >= 15 is 0 Å². The van der Waals surface area contributed by atoms with Gasteiger partial charge in [-0.2, -0.15) is 4.98 Å². The molecule has 1 unspecified atom stereocenters. The summed E-state index contributed by atoms with van der Waals surface area (Å²) in [7, 11) is 0. The molecule has 1 atom stereocenters. The molecule has 0 saturated heterocycles. The molecule has 0 aliphatic carbocycles. The van der Waals surface area contributed by atoms with Gasteiger partial charge in [0.05, 0.1) is 0 Å². The van der Waals surface area contributed by atoms with Crippen LogP contribution in [0.5, 0.6) is 0 Å². The number of anilines is 1. The number of aryl methyl sites for hydroxylation is 1. The molecule has 2 aromatic rings. The largest absolute Gasteiger partial charge is 0.354 e. The average molecular weight is 261 g/mol. The molecular formula is C13H19N5O. The normalized spacial score (nSPS) is 12.4. The van der Waals surface area contributed by atoms with Crippen LogP contribution < -0.4 is 10.6 Å². The minimum absolute atomic E-state index is 0.0445. The van der Waals surface area contributed by atoms with E-state index in [9.17, 15) is 4.79 Å². The van der Waals surface area contributed by atoms with Crippen LogP contribution in [0.4, 0.5) is 5.95 Å². The van der Waals surface area contributed by atoms with Gasteiger partial charge in [-0.15, -0.1) is 5.10 Å². The fraction of sp³-hybridized carbons (Fsp3) is 0.462. The highest BCUT2D eigenvalue weighted by atomic mass is 16.2. The highest BCUT2D eigenvalue weighted by molar-refractivity contribution is 5.83. The Balaban J connectivity index is 2.06. The van der Waals surface area contributed by atoms with Crippen molar-refractivity contribution in [2.75, 3.05) is 11.9 Å². The zero-order valence-corrected chi connectivity index (χ0v) is 11.5. The molecule has 19 heavy (non-hydrogen) atoms. The number of pyridine rings is 1. The first-order valence-electron chi connectivity index (χ1n) is 6.47. The molecule has 1 amide bonds. The van der Waals surface area contributed by atoms with Crippen molar-refractivity contribution < 1.29 is 4.79 Å². The molecule has 0 saturated carbocycles. The van der Waals surface area contributed by atoms with Crippen molar-refractivity contribution in [2.45, 2.75) is 33.2 Å². The highest BCUT2D eigenvalue weighted by Crippen LogP contribution is 2.08. The van der Waals surface area contributed by atoms with Crippen molar-refractivity contribution in [2.24, 2.45) is 0 Å². The van der Waals surface area contributed by atoms with Crippen molar-refractivity contribution in [1.82, 2.24) is 19.9 Å². The van der Waals surface area contributed by atoms with E-state index in [1.54, 1.807) is 11.4 Å². The first-order chi connectivity index (χ1) is 9.10. The highest BCUT2D eigenvalue weighted by Gasteiger charge is 2.14. The second-order valence-electron chi connectivity index (χ2n) is 4.60. The van der Waals surface area contributed by atoms with Gasteiger partial charge in [-0.3, -0.25) is 4.79 Å². The van der Waals surface area contributed by atoms with Crippen molar-refractivity contribution >= 4 is 17.5 Å². The molecule has 2 aromatic heterocycles. The number of nitrogens with one attached hydrogen (secondary N) is 2. The van der Waals surface area contributed by atoms with Gasteiger partial charge >= 0.3 is 0 Å². The van der Waals surface area contributed by atoms with Crippen LogP contribution in [0.1, 0.15) is 25.8 Å². The van der Waals surface area contributed by atoms with Gasteiger partial charge in [-0.25, -0.2) is 4.52 Å². The molecule has 0 spiro atoms. The van der Waals surface area contributed by atoms with Crippen LogP contribution in [0.2, 0.25) is 0 Å². The number of hydrogen-bond donors (Lipinski definition) is 2. The average Bonchev–Trinajstić information content (AvgIpc) is 2.77. The fourth-order valence-electron chi connectivity index (χ4n) is 1.71. The Kier molecular flexibility index (Phi) is 3.99. The summed E-state index contributed by atoms with van der Waals surface area (Å²) < 4.78 is 1.69. The number of amides is 1. The van der Waals surface area contributed by atoms with Crippen LogP contribution in [-0.2, 0) is 4.79 Å². The predicted molar refractivity (Wildman–Crippen MR) is 74.1 cm³/mol. The lowest BCUT2D eigenvalue weighted by atomic mass is 10.3. The lowest BCUT2D eigenvalue weighted by molar-refractivity contribution is -0.121. The first-order valence-corrected chi connectivity index (χ1v) is 6.47. The van der Waals surface area contributed by atoms with Crippen LogP contribution >= 0.6 is 0 Å². The Morgan fingerprint density at radius 3 is 3.05 bits per heavy atom. The predicted octanol–water partition coefficient (Wildman–Crippen LogP) is 1.36. The van der Waals surface area contributed by atoms with Gasteiger partial charge in [-0.05, 0) is 38.0 Å². The minimum Gasteiger partial charge on any atom is -0.354 e. The number of rotatable bonds is 5. The monoisotopic (exact) mass is 261 g/mol. The second kappa shape index (κ2) is 5.69. The van der Waals surface area contributed by atoms with Gasteiger partial charge in [0.25, 0.3) is 0 Å². The summed E-state index contributed by atoms with van der Waals surface area (Å²) in [5, 5.41) is 10.1. The number of carbonyl (C=O) groups is 1. The number of carbonyl (C=O) groups excluding carboxylic acids is 1. The van der Waals surface area contributed by atoms with E-state index in [4.69, 9.17) is 0 Å². The lowest BCUT2D eigenvalue weighted by Crippen LogP contribution is -2.38. The summed E-state index contributed by atoms with van der Waals surface area (Å²) in [5.41, 5.74) is 1.89. The first kappa shape index (κ1) is 13.3. The van der Waals surface area contributed by atoms with Gasteiger partial charge < -0.3 is 10.6 Å². The van der Waals surface area contributed by atoms with Crippen molar-refractivity contribution in [3.63, 3.8) is 0 Å². The Labute approximate surface area is 112 Å². The molecule has 0 aromatic carbocycles. The lowest BCUT2D eigenvalue weighted by Gasteiger charge is -2.11. The molecule has 102 valence electrons. The topological polar surface area (TPSA) is 71.3 Å². The zero-order valence-electron chi connectivity index (χ0n) is 11.5. The minimum atomic E-state index is -0.356. The molecular weight excluding hydrogens is 242 g/mol. The van der Waals surface area contributed by atoms with Gasteiger partial charge in [-0.1, -0.05) is 6.92 Å². The van der Waals surface area contributed by atoms with E-state index in [2.05, 4.69) is 20.7 Å². The summed E-state index contributed by atoms with van der Waals surface area (Å²) in [5.74, 6) is 0.418. The van der Waals surface area contributed by atoms with Gasteiger partial charge in [0, 0.05) is 12.7 Å². The van der Waals surface area contributed by atoms with Crippen LogP contribution in [0.3, 0.4) is 0 Å². The molecule has 6 heteroatoms. The maximum absolute atomic E-state index is 11.7. The number of fused-ring (bicyclic) bond motifs is 1. The van der Waals surface area contributed by atoms with Gasteiger partial charge in [0.15, 0.2) is 5.65 Å². The SMILES string of the molecule is CCCNC(=O)C(C)Nc1nc2cc(C)ccn2n1. The maximum Gasteiger partial charge on any atom is 0.243 e. The molecule has 0 radical (unpaired) electrons. The summed E-state index contributed by atoms with van der Waals surface area (Å²) in [6.45, 7) is 6.50. The molecule has 0 fully saturated rings. The van der Waals surface area contributed by atoms with Crippen molar-refractivity contribution in [3.05, 3.63) is 23.9 Å². The fourth-order valence-corrected chi connectivity index (χ4v) is 1.71. The third-order valence-corrected chi connectivity index (χ3v) is 2.78. The molecule has 0 bridgehead atoms. The molecule has 0 aliphatic rings. The number of hydrogen-bond acceptors (Lipinski definition) is 4. The molecule has 2 heterocycles. The van der Waals surface area contributed by atoms with Crippen LogP contribution in [0.25, 0.3) is 5.65 Å². The quantitative estimate of drug-likeness (QED) is 0.852. The number of aromatic nitrogens is 3. The third-order valence-electron chi connectivity index (χ3n) is 2.78. The van der Waals surface area contributed by atoms with E-state index in [0.717, 1.165) is 17.6 Å². The summed E-state index contributed by atoms with van der Waals surface area (Å²) in [6, 6.07) is 3.55. The van der Waals surface area contributed by atoms with Crippen LogP contribution in [0, 0.1) is 6.92 Å². The van der Waals surface area contributed by atoms with E-state index in [-0.39, 0.29) is 11.9 Å². The number of nitrogens with zero attached hydrogens (tertiary/aromatic N) is 3. The Bertz CT molecular complexity index is 577. The van der Waals surface area contributed by atoms with Crippen LogP contribution in [-0.4, -0.2) is 33.1 Å². The standard InChI is InChI=1S/C13H19N5O/c1-4-6-14-12(19)10(3)15-13-16-11-8-9(2)5-7-18(11)17-13/h5,7-8,10H,4,6H2,1-3H3,(H,14,19)(H,15,17). The summed E-state index contributed by atoms with van der Waals surface area (Å²) in [6.07, 6.45) is 2.77. The Morgan fingerprint density at radius 2 is 2.32 bits per heavy atom. The molecule has 2 N–H and O–H groups in total. The zero-order chi connectivity index (χ0) is 13.8. The Hall–Kier alpha value is -2.11. The summed E-state index contributed by atoms with van der Waals surface area (Å²) >= 11 is 0. The molecule has 6 nitrogen and oxygen atoms in total. The maximum atomic E-state index is 11.7. The Morgan fingerprint density at radius 1 is 1.53 bits per heavy atom. The summed E-state index contributed by atoms with van der Waals surface area (Å²) in [4.78, 5) is 16.1. The smallest absolute Gasteiger partial charge is 0.243 e. The van der Waals surface area contributed by atoms with Gasteiger partial charge in [0.2, 0.25) is 11.9 Å². The van der Waals surface area contributed by atoms with E-state index in [0.29, 0.717) is 12.5 Å². The van der Waals surface area contributed by atoms with Gasteiger partial charge in [0.1, 0.15) is 6.04 Å². The van der Waals surface area contributed by atoms with Crippen LogP contribution in [0.15, 0.2) is 18.3 Å².